The summed E-state index contributed by atoms with van der Waals surface area (Å²) in [7, 11) is 0. The van der Waals surface area contributed by atoms with Crippen molar-refractivity contribution in [2.24, 2.45) is 0 Å². The summed E-state index contributed by atoms with van der Waals surface area (Å²) in [5.74, 6) is 1.07. The van der Waals surface area contributed by atoms with E-state index in [9.17, 15) is 0 Å². The van der Waals surface area contributed by atoms with Gasteiger partial charge in [0, 0.05) is 5.75 Å². The van der Waals surface area contributed by atoms with Crippen LogP contribution in [0, 0.1) is 0 Å². The summed E-state index contributed by atoms with van der Waals surface area (Å²) in [5.41, 5.74) is 5.58. The van der Waals surface area contributed by atoms with E-state index in [1.165, 1.54) is 33.0 Å². The number of fused-ring (bicyclic) bond motifs is 5. The van der Waals surface area contributed by atoms with E-state index < -0.39 is 0 Å². The van der Waals surface area contributed by atoms with Crippen molar-refractivity contribution in [3.63, 3.8) is 0 Å². The van der Waals surface area contributed by atoms with Crippen LogP contribution in [0.15, 0.2) is 53.9 Å². The van der Waals surface area contributed by atoms with Crippen LogP contribution in [0.25, 0.3) is 28.0 Å². The van der Waals surface area contributed by atoms with Gasteiger partial charge < -0.3 is 0 Å². The first-order valence-electron chi connectivity index (χ1n) is 6.15. The third-order valence-electron chi connectivity index (χ3n) is 3.62. The van der Waals surface area contributed by atoms with Crippen LogP contribution in [0.3, 0.4) is 0 Å². The van der Waals surface area contributed by atoms with E-state index in [-0.39, 0.29) is 0 Å². The lowest BCUT2D eigenvalue weighted by molar-refractivity contribution is 1.46. The Balaban J connectivity index is 2.27. The van der Waals surface area contributed by atoms with E-state index in [4.69, 9.17) is 0 Å². The molecule has 0 spiro atoms. The maximum absolute atomic E-state index is 2.31. The maximum Gasteiger partial charge on any atom is 0.0238 e. The number of hydrogen-bond donors (Lipinski definition) is 0. The molecule has 0 saturated carbocycles. The average molecular weight is 248 g/mol. The van der Waals surface area contributed by atoms with Gasteiger partial charge in [-0.15, -0.1) is 11.8 Å². The molecule has 0 nitrogen and oxygen atoms in total. The second-order valence-corrected chi connectivity index (χ2v) is 5.53. The summed E-state index contributed by atoms with van der Waals surface area (Å²) < 4.78 is 0. The molecular formula is C17H12S. The van der Waals surface area contributed by atoms with Crippen molar-refractivity contribution in [3.8, 4) is 11.1 Å². The molecule has 1 aromatic carbocycles. The fourth-order valence-corrected chi connectivity index (χ4v) is 3.58. The molecule has 1 heterocycles. The minimum absolute atomic E-state index is 1.07. The van der Waals surface area contributed by atoms with Gasteiger partial charge in [-0.25, -0.2) is 0 Å². The summed E-state index contributed by atoms with van der Waals surface area (Å²) >= 11 is 1.88. The zero-order valence-corrected chi connectivity index (χ0v) is 10.7. The molecule has 1 aromatic rings. The van der Waals surface area contributed by atoms with Gasteiger partial charge in [-0.1, -0.05) is 42.5 Å². The lowest BCUT2D eigenvalue weighted by atomic mass is 10.0. The predicted molar refractivity (Wildman–Crippen MR) is 80.9 cm³/mol. The summed E-state index contributed by atoms with van der Waals surface area (Å²) in [5, 5.41) is 4.94. The number of hydrogen-bond acceptors (Lipinski definition) is 1. The summed E-state index contributed by atoms with van der Waals surface area (Å²) in [6.07, 6.45) is 2.26. The Labute approximate surface area is 111 Å². The lowest BCUT2D eigenvalue weighted by Gasteiger charge is -2.11. The van der Waals surface area contributed by atoms with E-state index in [0.29, 0.717) is 0 Å². The highest BCUT2D eigenvalue weighted by atomic mass is 32.2. The molecule has 18 heavy (non-hydrogen) atoms. The van der Waals surface area contributed by atoms with Gasteiger partial charge in [-0.2, -0.15) is 0 Å². The fraction of sp³-hybridized carbons (Fsp3) is 0.0588. The molecule has 0 amide bonds. The average Bonchev–Trinajstić information content (AvgIpc) is 2.83. The Kier molecular flexibility index (Phi) is 2.21. The van der Waals surface area contributed by atoms with Gasteiger partial charge in [0.2, 0.25) is 0 Å². The van der Waals surface area contributed by atoms with Crippen LogP contribution >= 0.6 is 11.8 Å². The molecule has 0 saturated heterocycles. The molecule has 86 valence electrons. The second-order valence-electron chi connectivity index (χ2n) is 4.63. The summed E-state index contributed by atoms with van der Waals surface area (Å²) in [4.78, 5) is 0. The van der Waals surface area contributed by atoms with Crippen molar-refractivity contribution in [3.05, 3.63) is 65.1 Å². The largest absolute Gasteiger partial charge is 0.129 e. The van der Waals surface area contributed by atoms with Crippen LogP contribution in [0.5, 0.6) is 0 Å². The molecule has 0 unspecified atom stereocenters. The molecule has 0 bridgehead atoms. The zero-order chi connectivity index (χ0) is 11.9. The third kappa shape index (κ3) is 1.41. The first kappa shape index (κ1) is 10.2. The molecule has 2 aliphatic carbocycles. The van der Waals surface area contributed by atoms with E-state index in [2.05, 4.69) is 60.0 Å². The summed E-state index contributed by atoms with van der Waals surface area (Å²) in [6, 6.07) is 17.6. The Morgan fingerprint density at radius 2 is 1.89 bits per heavy atom. The van der Waals surface area contributed by atoms with Crippen LogP contribution < -0.4 is 0 Å². The zero-order valence-electron chi connectivity index (χ0n) is 9.89. The molecule has 0 atom stereocenters. The van der Waals surface area contributed by atoms with Crippen LogP contribution in [-0.2, 0) is 5.75 Å². The molecule has 0 radical (unpaired) electrons. The summed E-state index contributed by atoms with van der Waals surface area (Å²) in [6.45, 7) is 0. The Hall–Kier alpha value is -1.73. The molecule has 3 aliphatic rings. The number of benzene rings is 1. The van der Waals surface area contributed by atoms with Crippen molar-refractivity contribution >= 4 is 28.6 Å². The Morgan fingerprint density at radius 3 is 2.89 bits per heavy atom. The highest BCUT2D eigenvalue weighted by Crippen LogP contribution is 2.38. The SMILES string of the molecule is C1=Cc2c3cccc-3cc3ccccc3c2CS1. The molecule has 4 rings (SSSR count). The molecule has 0 aromatic heterocycles. The number of rotatable bonds is 0. The van der Waals surface area contributed by atoms with Crippen molar-refractivity contribution in [2.45, 2.75) is 5.75 Å². The molecule has 1 aliphatic heterocycles. The van der Waals surface area contributed by atoms with Gasteiger partial charge in [0.1, 0.15) is 0 Å². The van der Waals surface area contributed by atoms with Gasteiger partial charge in [-0.3, -0.25) is 0 Å². The van der Waals surface area contributed by atoms with Gasteiger partial charge in [-0.05, 0) is 50.6 Å². The smallest absolute Gasteiger partial charge is 0.0238 e. The van der Waals surface area contributed by atoms with Crippen LogP contribution in [0.4, 0.5) is 0 Å². The van der Waals surface area contributed by atoms with Crippen LogP contribution in [0.1, 0.15) is 11.1 Å². The Bertz CT molecular complexity index is 740. The normalized spacial score (nSPS) is 14.0. The standard InChI is InChI=1S/C17H12S/c1-2-6-15-12(4-1)10-13-5-3-7-14(13)16-8-9-18-11-17(15)16/h1-10H,11H2. The molecule has 0 N–H and O–H groups in total. The lowest BCUT2D eigenvalue weighted by Crippen LogP contribution is -1.90. The number of thioether (sulfide) groups is 1. The van der Waals surface area contributed by atoms with E-state index in [1.807, 2.05) is 11.8 Å². The van der Waals surface area contributed by atoms with Crippen LogP contribution in [-0.4, -0.2) is 0 Å². The van der Waals surface area contributed by atoms with Gasteiger partial charge >= 0.3 is 0 Å². The minimum Gasteiger partial charge on any atom is -0.129 e. The van der Waals surface area contributed by atoms with Gasteiger partial charge in [0.15, 0.2) is 0 Å². The molecular weight excluding hydrogens is 236 g/mol. The Morgan fingerprint density at radius 1 is 0.944 bits per heavy atom. The fourth-order valence-electron chi connectivity index (χ4n) is 2.77. The van der Waals surface area contributed by atoms with E-state index in [0.717, 1.165) is 5.75 Å². The highest BCUT2D eigenvalue weighted by Gasteiger charge is 2.14. The van der Waals surface area contributed by atoms with Crippen molar-refractivity contribution in [1.82, 2.24) is 0 Å². The van der Waals surface area contributed by atoms with Crippen molar-refractivity contribution in [2.75, 3.05) is 0 Å². The van der Waals surface area contributed by atoms with E-state index >= 15 is 0 Å². The quantitative estimate of drug-likeness (QED) is 0.529. The minimum atomic E-state index is 1.07. The predicted octanol–water partition coefficient (Wildman–Crippen LogP) is 5.16. The van der Waals surface area contributed by atoms with Crippen molar-refractivity contribution < 1.29 is 0 Å². The van der Waals surface area contributed by atoms with Gasteiger partial charge in [0.05, 0.1) is 0 Å². The maximum atomic E-state index is 2.31. The molecule has 1 heteroatoms. The van der Waals surface area contributed by atoms with Crippen molar-refractivity contribution in [1.29, 1.82) is 0 Å². The monoisotopic (exact) mass is 248 g/mol. The van der Waals surface area contributed by atoms with Gasteiger partial charge in [0.25, 0.3) is 0 Å². The van der Waals surface area contributed by atoms with E-state index in [1.54, 1.807) is 0 Å². The second kappa shape index (κ2) is 3.89. The third-order valence-corrected chi connectivity index (χ3v) is 4.40. The topological polar surface area (TPSA) is 0 Å². The van der Waals surface area contributed by atoms with Crippen LogP contribution in [0.2, 0.25) is 0 Å². The highest BCUT2D eigenvalue weighted by molar-refractivity contribution is 8.01. The first-order valence-corrected chi connectivity index (χ1v) is 7.20. The molecule has 0 fully saturated rings. The first-order chi connectivity index (χ1) is 8.93.